The molecule has 0 aliphatic carbocycles. The van der Waals surface area contributed by atoms with Crippen LogP contribution in [0.2, 0.25) is 0 Å². The smallest absolute Gasteiger partial charge is 0.354 e. The van der Waals surface area contributed by atoms with Crippen LogP contribution in [0.1, 0.15) is 43.5 Å². The van der Waals surface area contributed by atoms with E-state index in [9.17, 15) is 9.59 Å². The molecule has 2 unspecified atom stereocenters. The summed E-state index contributed by atoms with van der Waals surface area (Å²) in [5, 5.41) is 11.9. The number of halogens is 1. The van der Waals surface area contributed by atoms with E-state index in [4.69, 9.17) is 4.98 Å². The molecule has 0 bridgehead atoms. The number of nitrogens with one attached hydrogen (secondary N) is 2. The molecule has 5 heterocycles. The second kappa shape index (κ2) is 10.5. The predicted molar refractivity (Wildman–Crippen MR) is 175 cm³/mol. The predicted octanol–water partition coefficient (Wildman–Crippen LogP) is 5.22. The summed E-state index contributed by atoms with van der Waals surface area (Å²) in [5.41, 5.74) is 5.28. The van der Waals surface area contributed by atoms with Gasteiger partial charge >= 0.3 is 5.69 Å². The van der Waals surface area contributed by atoms with Crippen molar-refractivity contribution in [3.8, 4) is 16.8 Å². The van der Waals surface area contributed by atoms with E-state index in [1.807, 2.05) is 52.8 Å². The van der Waals surface area contributed by atoms with E-state index >= 15 is 4.39 Å². The summed E-state index contributed by atoms with van der Waals surface area (Å²) < 4.78 is 18.7. The lowest BCUT2D eigenvalue weighted by Crippen LogP contribution is -2.61. The minimum atomic E-state index is -0.477. The Morgan fingerprint density at radius 3 is 2.73 bits per heavy atom. The molecule has 10 nitrogen and oxygen atoms in total. The van der Waals surface area contributed by atoms with Gasteiger partial charge in [-0.05, 0) is 67.7 Å². The zero-order valence-corrected chi connectivity index (χ0v) is 26.0. The van der Waals surface area contributed by atoms with Gasteiger partial charge in [0.2, 0.25) is 5.91 Å². The second-order valence-electron chi connectivity index (χ2n) is 12.4. The van der Waals surface area contributed by atoms with E-state index in [2.05, 4.69) is 32.0 Å². The normalized spacial score (nSPS) is 17.8. The summed E-state index contributed by atoms with van der Waals surface area (Å²) >= 11 is 0. The number of hydrogen-bond donors (Lipinski definition) is 2. The third kappa shape index (κ3) is 4.32. The van der Waals surface area contributed by atoms with Crippen LogP contribution in [0.5, 0.6) is 0 Å². The summed E-state index contributed by atoms with van der Waals surface area (Å²) in [6, 6.07) is 7.06. The van der Waals surface area contributed by atoms with E-state index in [1.165, 1.54) is 6.08 Å². The van der Waals surface area contributed by atoms with Gasteiger partial charge in [0.1, 0.15) is 5.82 Å². The Kier molecular flexibility index (Phi) is 6.72. The number of carbonyl (C=O) groups is 1. The van der Waals surface area contributed by atoms with Crippen molar-refractivity contribution in [1.82, 2.24) is 29.6 Å². The first-order chi connectivity index (χ1) is 21.6. The van der Waals surface area contributed by atoms with Crippen molar-refractivity contribution in [3.05, 3.63) is 82.4 Å². The number of amides is 1. The van der Waals surface area contributed by atoms with Gasteiger partial charge in [0.15, 0.2) is 5.82 Å². The van der Waals surface area contributed by atoms with Gasteiger partial charge in [-0.15, -0.1) is 0 Å². The van der Waals surface area contributed by atoms with Gasteiger partial charge in [-0.3, -0.25) is 19.4 Å². The van der Waals surface area contributed by atoms with Crippen molar-refractivity contribution in [1.29, 1.82) is 0 Å². The van der Waals surface area contributed by atoms with Crippen molar-refractivity contribution in [2.24, 2.45) is 0 Å². The molecule has 3 aromatic heterocycles. The van der Waals surface area contributed by atoms with Crippen molar-refractivity contribution in [2.75, 3.05) is 29.9 Å². The van der Waals surface area contributed by atoms with Crippen LogP contribution in [0.25, 0.3) is 38.6 Å². The molecule has 1 fully saturated rings. The van der Waals surface area contributed by atoms with Crippen LogP contribution in [0.3, 0.4) is 0 Å². The Bertz CT molecular complexity index is 2100. The summed E-state index contributed by atoms with van der Waals surface area (Å²) in [6.45, 7) is 14.7. The highest BCUT2D eigenvalue weighted by Crippen LogP contribution is 2.44. The van der Waals surface area contributed by atoms with Crippen molar-refractivity contribution in [3.63, 3.8) is 0 Å². The molecule has 1 saturated heterocycles. The van der Waals surface area contributed by atoms with Crippen LogP contribution >= 0.6 is 0 Å². The number of fused-ring (bicyclic) bond motifs is 3. The maximum Gasteiger partial charge on any atom is 0.354 e. The largest absolute Gasteiger partial charge is 0.380 e. The summed E-state index contributed by atoms with van der Waals surface area (Å²) in [4.78, 5) is 40.2. The summed E-state index contributed by atoms with van der Waals surface area (Å²) in [6.07, 6.45) is 4.76. The van der Waals surface area contributed by atoms with Crippen LogP contribution in [0.4, 0.5) is 15.9 Å². The van der Waals surface area contributed by atoms with E-state index in [0.717, 1.165) is 27.7 Å². The highest BCUT2D eigenvalue weighted by atomic mass is 19.1. The minimum absolute atomic E-state index is 0.0107. The monoisotopic (exact) mass is 606 g/mol. The number of piperazine rings is 1. The first-order valence-corrected chi connectivity index (χ1v) is 15.2. The van der Waals surface area contributed by atoms with Gasteiger partial charge in [-0.1, -0.05) is 26.5 Å². The standard InChI is InChI=1S/C34H35FN8O2/c1-7-26(44)41-15-20(6)42-21(16-41)13-37-31-28-25(12-22(29(31)35)27-18(4)8-9-24-23(27)14-38-40-24)43(34(45)39-33(28)42)32-19(5)10-11-36-30(32)17(2)3/h7-12,14,17,20-21,37H,1,13,15-16H2,2-6H3,(H,38,40). The molecular weight excluding hydrogens is 571 g/mol. The highest BCUT2D eigenvalue weighted by molar-refractivity contribution is 6.07. The van der Waals surface area contributed by atoms with Crippen LogP contribution in [-0.4, -0.2) is 67.3 Å². The lowest BCUT2D eigenvalue weighted by Gasteiger charge is -2.45. The number of H-pyrrole nitrogens is 1. The van der Waals surface area contributed by atoms with Gasteiger partial charge < -0.3 is 15.1 Å². The second-order valence-corrected chi connectivity index (χ2v) is 12.4. The molecule has 2 N–H and O–H groups in total. The van der Waals surface area contributed by atoms with Gasteiger partial charge in [0, 0.05) is 42.8 Å². The average molecular weight is 607 g/mol. The summed E-state index contributed by atoms with van der Waals surface area (Å²) in [5.74, 6) is -0.185. The van der Waals surface area contributed by atoms with Gasteiger partial charge in [-0.25, -0.2) is 9.18 Å². The number of nitrogens with zero attached hydrogens (tertiary/aromatic N) is 6. The average Bonchev–Trinajstić information content (AvgIpc) is 3.42. The van der Waals surface area contributed by atoms with E-state index in [1.54, 1.807) is 27.9 Å². The molecule has 0 saturated carbocycles. The van der Waals surface area contributed by atoms with Crippen molar-refractivity contribution >= 4 is 39.2 Å². The summed E-state index contributed by atoms with van der Waals surface area (Å²) in [7, 11) is 0. The van der Waals surface area contributed by atoms with E-state index < -0.39 is 11.5 Å². The Morgan fingerprint density at radius 2 is 1.98 bits per heavy atom. The fourth-order valence-corrected chi connectivity index (χ4v) is 7.12. The zero-order chi connectivity index (χ0) is 31.7. The third-order valence-electron chi connectivity index (χ3n) is 9.16. The molecule has 1 amide bonds. The number of benzene rings is 2. The Labute approximate surface area is 259 Å². The highest BCUT2D eigenvalue weighted by Gasteiger charge is 2.39. The molecule has 45 heavy (non-hydrogen) atoms. The number of aromatic amines is 1. The maximum atomic E-state index is 17.1. The Morgan fingerprint density at radius 1 is 1.18 bits per heavy atom. The van der Waals surface area contributed by atoms with Gasteiger partial charge in [0.25, 0.3) is 0 Å². The van der Waals surface area contributed by atoms with Crippen LogP contribution < -0.4 is 15.9 Å². The van der Waals surface area contributed by atoms with E-state index in [0.29, 0.717) is 53.2 Å². The van der Waals surface area contributed by atoms with Crippen LogP contribution in [-0.2, 0) is 4.79 Å². The SMILES string of the molecule is C=CC(=O)N1CC(C)N2c3nc(=O)n(-c4c(C)ccnc4C(C)C)c4cc(-c5c(C)ccc6[nH]ncc56)c(F)c(c34)NCC2C1. The molecule has 0 spiro atoms. The fraction of sp³-hybridized carbons (Fsp3) is 0.324. The molecule has 5 aromatic rings. The number of carbonyl (C=O) groups excluding carboxylic acids is 1. The fourth-order valence-electron chi connectivity index (χ4n) is 7.12. The lowest BCUT2D eigenvalue weighted by atomic mass is 9.94. The Balaban J connectivity index is 1.60. The number of rotatable bonds is 4. The molecular formula is C34H35FN8O2. The molecule has 2 aromatic carbocycles. The molecule has 0 radical (unpaired) electrons. The third-order valence-corrected chi connectivity index (χ3v) is 9.16. The molecule has 2 atom stereocenters. The number of anilines is 2. The molecule has 11 heteroatoms. The molecule has 7 rings (SSSR count). The van der Waals surface area contributed by atoms with Gasteiger partial charge in [-0.2, -0.15) is 10.1 Å². The van der Waals surface area contributed by atoms with Crippen LogP contribution in [0, 0.1) is 19.7 Å². The number of hydrogen-bond acceptors (Lipinski definition) is 7. The topological polar surface area (TPSA) is 112 Å². The van der Waals surface area contributed by atoms with E-state index in [-0.39, 0.29) is 29.6 Å². The zero-order valence-electron chi connectivity index (χ0n) is 26.0. The number of aromatic nitrogens is 5. The number of aryl methyl sites for hydroxylation is 2. The first kappa shape index (κ1) is 28.7. The minimum Gasteiger partial charge on any atom is -0.380 e. The maximum absolute atomic E-state index is 17.1. The quantitative estimate of drug-likeness (QED) is 0.270. The first-order valence-electron chi connectivity index (χ1n) is 15.2. The van der Waals surface area contributed by atoms with Crippen molar-refractivity contribution in [2.45, 2.75) is 52.6 Å². The molecule has 2 aliphatic heterocycles. The van der Waals surface area contributed by atoms with Crippen molar-refractivity contribution < 1.29 is 9.18 Å². The van der Waals surface area contributed by atoms with Gasteiger partial charge in [0.05, 0.1) is 45.7 Å². The van der Waals surface area contributed by atoms with Crippen LogP contribution in [0.15, 0.2) is 54.1 Å². The lowest BCUT2D eigenvalue weighted by molar-refractivity contribution is -0.127. The number of pyridine rings is 1. The Hall–Kier alpha value is -5.06. The molecule has 230 valence electrons. The molecule has 2 aliphatic rings.